The fraction of sp³-hybridized carbons (Fsp3) is 0.571. The number of aromatic nitrogens is 2. The predicted molar refractivity (Wildman–Crippen MR) is 109 cm³/mol. The SMILES string of the molecule is CCCc1cc(CNC(=O)c2ccc(N3CCN(C(C)C)C(C)C3)nc2)on1. The van der Waals surface area contributed by atoms with E-state index in [2.05, 4.69) is 53.0 Å². The van der Waals surface area contributed by atoms with Crippen LogP contribution in [0.2, 0.25) is 0 Å². The van der Waals surface area contributed by atoms with Gasteiger partial charge >= 0.3 is 0 Å². The second kappa shape index (κ2) is 9.19. The van der Waals surface area contributed by atoms with Gasteiger partial charge in [0.25, 0.3) is 5.91 Å². The summed E-state index contributed by atoms with van der Waals surface area (Å²) in [4.78, 5) is 21.7. The lowest BCUT2D eigenvalue weighted by atomic mass is 10.1. The maximum atomic E-state index is 12.4. The lowest BCUT2D eigenvalue weighted by Gasteiger charge is -2.42. The summed E-state index contributed by atoms with van der Waals surface area (Å²) in [5.74, 6) is 1.43. The van der Waals surface area contributed by atoms with Gasteiger partial charge in [-0.25, -0.2) is 4.98 Å². The van der Waals surface area contributed by atoms with Crippen LogP contribution >= 0.6 is 0 Å². The Balaban J connectivity index is 1.54. The Morgan fingerprint density at radius 1 is 1.36 bits per heavy atom. The summed E-state index contributed by atoms with van der Waals surface area (Å²) in [5.41, 5.74) is 1.47. The molecule has 0 aliphatic carbocycles. The van der Waals surface area contributed by atoms with Gasteiger partial charge in [-0.2, -0.15) is 0 Å². The molecule has 2 aromatic rings. The van der Waals surface area contributed by atoms with Crippen molar-refractivity contribution in [3.8, 4) is 0 Å². The third kappa shape index (κ3) is 4.90. The topological polar surface area (TPSA) is 74.5 Å². The molecule has 28 heavy (non-hydrogen) atoms. The Labute approximate surface area is 167 Å². The highest BCUT2D eigenvalue weighted by molar-refractivity contribution is 5.93. The number of nitrogens with one attached hydrogen (secondary N) is 1. The molecule has 1 atom stereocenters. The van der Waals surface area contributed by atoms with Crippen LogP contribution in [-0.2, 0) is 13.0 Å². The molecule has 0 radical (unpaired) electrons. The molecule has 1 saturated heterocycles. The molecule has 7 nitrogen and oxygen atoms in total. The van der Waals surface area contributed by atoms with Crippen molar-refractivity contribution in [3.05, 3.63) is 41.4 Å². The molecule has 0 aromatic carbocycles. The van der Waals surface area contributed by atoms with Crippen LogP contribution in [0, 0.1) is 0 Å². The standard InChI is InChI=1S/C21H31N5O2/c1-5-6-18-11-19(28-24-18)13-23-21(27)17-7-8-20(22-12-17)25-9-10-26(15(2)3)16(4)14-25/h7-8,11-12,15-16H,5-6,9-10,13-14H2,1-4H3,(H,23,27). The van der Waals surface area contributed by atoms with Crippen molar-refractivity contribution in [1.29, 1.82) is 0 Å². The van der Waals surface area contributed by atoms with Crippen molar-refractivity contribution in [2.24, 2.45) is 0 Å². The number of carbonyl (C=O) groups is 1. The fourth-order valence-electron chi connectivity index (χ4n) is 3.74. The van der Waals surface area contributed by atoms with E-state index in [4.69, 9.17) is 4.52 Å². The van der Waals surface area contributed by atoms with Crippen LogP contribution in [0.5, 0.6) is 0 Å². The third-order valence-electron chi connectivity index (χ3n) is 5.21. The van der Waals surface area contributed by atoms with Gasteiger partial charge in [0.05, 0.1) is 17.8 Å². The molecule has 0 bridgehead atoms. The average molecular weight is 386 g/mol. The van der Waals surface area contributed by atoms with E-state index in [0.29, 0.717) is 30.0 Å². The Bertz CT molecular complexity index is 771. The zero-order valence-electron chi connectivity index (χ0n) is 17.3. The lowest BCUT2D eigenvalue weighted by molar-refractivity contribution is 0.0946. The summed E-state index contributed by atoms with van der Waals surface area (Å²) in [6.07, 6.45) is 3.54. The maximum Gasteiger partial charge on any atom is 0.253 e. The van der Waals surface area contributed by atoms with Gasteiger partial charge in [0, 0.05) is 44.0 Å². The van der Waals surface area contributed by atoms with Crippen LogP contribution in [-0.4, -0.2) is 52.7 Å². The number of hydrogen-bond donors (Lipinski definition) is 1. The van der Waals surface area contributed by atoms with Crippen LogP contribution in [0.1, 0.15) is 55.9 Å². The van der Waals surface area contributed by atoms with Crippen LogP contribution in [0.15, 0.2) is 28.9 Å². The van der Waals surface area contributed by atoms with Crippen molar-refractivity contribution in [2.45, 2.75) is 59.2 Å². The van der Waals surface area contributed by atoms with E-state index in [1.54, 1.807) is 6.20 Å². The summed E-state index contributed by atoms with van der Waals surface area (Å²) in [5, 5.41) is 6.86. The van der Waals surface area contributed by atoms with E-state index in [9.17, 15) is 4.79 Å². The van der Waals surface area contributed by atoms with Gasteiger partial charge < -0.3 is 14.7 Å². The quantitative estimate of drug-likeness (QED) is 0.790. The lowest BCUT2D eigenvalue weighted by Crippen LogP contribution is -2.54. The van der Waals surface area contributed by atoms with Gasteiger partial charge in [-0.1, -0.05) is 18.5 Å². The maximum absolute atomic E-state index is 12.4. The normalized spacial score (nSPS) is 17.9. The highest BCUT2D eigenvalue weighted by atomic mass is 16.5. The highest BCUT2D eigenvalue weighted by Gasteiger charge is 2.26. The number of aryl methyl sites for hydroxylation is 1. The second-order valence-corrected chi connectivity index (χ2v) is 7.75. The van der Waals surface area contributed by atoms with E-state index >= 15 is 0 Å². The molecule has 3 heterocycles. The van der Waals surface area contributed by atoms with Crippen LogP contribution in [0.3, 0.4) is 0 Å². The monoisotopic (exact) mass is 385 g/mol. The first-order valence-electron chi connectivity index (χ1n) is 10.2. The van der Waals surface area contributed by atoms with Crippen LogP contribution in [0.4, 0.5) is 5.82 Å². The molecule has 1 unspecified atom stereocenters. The molecule has 1 fully saturated rings. The minimum absolute atomic E-state index is 0.162. The Kier molecular flexibility index (Phi) is 6.67. The summed E-state index contributed by atoms with van der Waals surface area (Å²) >= 11 is 0. The van der Waals surface area contributed by atoms with Gasteiger partial charge in [-0.3, -0.25) is 9.69 Å². The van der Waals surface area contributed by atoms with Gasteiger partial charge in [0.1, 0.15) is 5.82 Å². The van der Waals surface area contributed by atoms with Gasteiger partial charge in [-0.15, -0.1) is 0 Å². The molecule has 1 aliphatic heterocycles. The van der Waals surface area contributed by atoms with Gasteiger partial charge in [0.15, 0.2) is 5.76 Å². The van der Waals surface area contributed by atoms with Gasteiger partial charge in [0.2, 0.25) is 0 Å². The minimum atomic E-state index is -0.162. The molecule has 0 saturated carbocycles. The first-order valence-corrected chi connectivity index (χ1v) is 10.2. The predicted octanol–water partition coefficient (Wildman–Crippen LogP) is 2.87. The van der Waals surface area contributed by atoms with Crippen molar-refractivity contribution in [2.75, 3.05) is 24.5 Å². The summed E-state index contributed by atoms with van der Waals surface area (Å²) in [7, 11) is 0. The van der Waals surface area contributed by atoms with E-state index in [1.165, 1.54) is 0 Å². The smallest absolute Gasteiger partial charge is 0.253 e. The number of carbonyl (C=O) groups excluding carboxylic acids is 1. The minimum Gasteiger partial charge on any atom is -0.359 e. The molecule has 1 aliphatic rings. The second-order valence-electron chi connectivity index (χ2n) is 7.75. The number of hydrogen-bond acceptors (Lipinski definition) is 6. The zero-order valence-corrected chi connectivity index (χ0v) is 17.3. The molecular weight excluding hydrogens is 354 g/mol. The number of piperazine rings is 1. The van der Waals surface area contributed by atoms with E-state index in [1.807, 2.05) is 18.2 Å². The van der Waals surface area contributed by atoms with Gasteiger partial charge in [-0.05, 0) is 39.3 Å². The molecule has 0 spiro atoms. The first-order chi connectivity index (χ1) is 13.5. The Hall–Kier alpha value is -2.41. The molecular formula is C21H31N5O2. The number of rotatable bonds is 7. The average Bonchev–Trinajstić information content (AvgIpc) is 3.13. The molecule has 1 N–H and O–H groups in total. The number of nitrogens with zero attached hydrogens (tertiary/aromatic N) is 4. The fourth-order valence-corrected chi connectivity index (χ4v) is 3.74. The van der Waals surface area contributed by atoms with E-state index in [0.717, 1.165) is 44.0 Å². The Morgan fingerprint density at radius 3 is 2.82 bits per heavy atom. The number of anilines is 1. The summed E-state index contributed by atoms with van der Waals surface area (Å²) in [6, 6.07) is 6.69. The molecule has 2 aromatic heterocycles. The molecule has 3 rings (SSSR count). The van der Waals surface area contributed by atoms with E-state index < -0.39 is 0 Å². The largest absolute Gasteiger partial charge is 0.359 e. The highest BCUT2D eigenvalue weighted by Crippen LogP contribution is 2.19. The Morgan fingerprint density at radius 2 is 2.18 bits per heavy atom. The van der Waals surface area contributed by atoms with Crippen molar-refractivity contribution in [1.82, 2.24) is 20.4 Å². The molecule has 152 valence electrons. The first kappa shape index (κ1) is 20.3. The van der Waals surface area contributed by atoms with Crippen molar-refractivity contribution < 1.29 is 9.32 Å². The number of amides is 1. The third-order valence-corrected chi connectivity index (χ3v) is 5.21. The summed E-state index contributed by atoms with van der Waals surface area (Å²) < 4.78 is 5.25. The zero-order chi connectivity index (χ0) is 20.1. The van der Waals surface area contributed by atoms with Crippen LogP contribution < -0.4 is 10.2 Å². The van der Waals surface area contributed by atoms with E-state index in [-0.39, 0.29) is 5.91 Å². The van der Waals surface area contributed by atoms with Crippen LogP contribution in [0.25, 0.3) is 0 Å². The van der Waals surface area contributed by atoms with Crippen molar-refractivity contribution in [3.63, 3.8) is 0 Å². The molecule has 1 amide bonds. The molecule has 7 heteroatoms. The van der Waals surface area contributed by atoms with Crippen molar-refractivity contribution >= 4 is 11.7 Å². The number of pyridine rings is 1. The summed E-state index contributed by atoms with van der Waals surface area (Å²) in [6.45, 7) is 12.1.